The van der Waals surface area contributed by atoms with E-state index in [2.05, 4.69) is 4.98 Å². The molecule has 2 amide bonds. The zero-order chi connectivity index (χ0) is 31.1. The van der Waals surface area contributed by atoms with E-state index in [1.807, 2.05) is 6.07 Å². The lowest BCUT2D eigenvalue weighted by Crippen LogP contribution is -2.44. The number of ether oxygens (including phenoxy) is 1. The Kier molecular flexibility index (Phi) is 8.18. The van der Waals surface area contributed by atoms with Crippen molar-refractivity contribution in [3.63, 3.8) is 0 Å². The van der Waals surface area contributed by atoms with Gasteiger partial charge in [-0.2, -0.15) is 5.26 Å². The lowest BCUT2D eigenvalue weighted by Gasteiger charge is -2.35. The van der Waals surface area contributed by atoms with E-state index in [0.29, 0.717) is 42.2 Å². The zero-order valence-corrected chi connectivity index (χ0v) is 24.8. The lowest BCUT2D eigenvalue weighted by molar-refractivity contribution is -0.0567. The van der Waals surface area contributed by atoms with E-state index in [9.17, 15) is 19.8 Å². The second-order valence-electron chi connectivity index (χ2n) is 11.9. The molecule has 0 spiro atoms. The summed E-state index contributed by atoms with van der Waals surface area (Å²) in [6, 6.07) is 13.8. The van der Waals surface area contributed by atoms with Crippen LogP contribution in [0.5, 0.6) is 0 Å². The van der Waals surface area contributed by atoms with Crippen LogP contribution >= 0.6 is 11.6 Å². The van der Waals surface area contributed by atoms with Gasteiger partial charge >= 0.3 is 6.09 Å². The standard InChI is InChI=1S/C32H32ClFN4O5/c1-31(2,3)43-30(41)37-12-10-20(11-13-37)28(39)21-14-25-27(26(34)15-21)32(42,22-5-7-23(33)8-6-22)38(29(25)40)18-24-9-4-19(16-35)17-36-24/h4-9,14-15,17,20,28,39,42H,10-13,18H2,1-3H3. The highest BCUT2D eigenvalue weighted by Gasteiger charge is 2.52. The fourth-order valence-electron chi connectivity index (χ4n) is 5.66. The number of benzene rings is 2. The van der Waals surface area contributed by atoms with Crippen LogP contribution in [0, 0.1) is 23.1 Å². The molecule has 0 radical (unpaired) electrons. The minimum absolute atomic E-state index is 0.0775. The quantitative estimate of drug-likeness (QED) is 0.405. The van der Waals surface area contributed by atoms with Crippen molar-refractivity contribution in [1.82, 2.24) is 14.8 Å². The summed E-state index contributed by atoms with van der Waals surface area (Å²) in [4.78, 5) is 33.3. The molecule has 0 bridgehead atoms. The molecule has 2 aliphatic heterocycles. The zero-order valence-electron chi connectivity index (χ0n) is 24.1. The number of carbonyl (C=O) groups is 2. The number of amides is 2. The van der Waals surface area contributed by atoms with Gasteiger partial charge < -0.3 is 19.8 Å². The molecule has 2 N–H and O–H groups in total. The van der Waals surface area contributed by atoms with Crippen molar-refractivity contribution in [2.45, 2.75) is 57.6 Å². The van der Waals surface area contributed by atoms with Crippen molar-refractivity contribution in [1.29, 1.82) is 5.26 Å². The van der Waals surface area contributed by atoms with Gasteiger partial charge in [0, 0.05) is 29.9 Å². The molecule has 11 heteroatoms. The molecule has 224 valence electrons. The van der Waals surface area contributed by atoms with Crippen molar-refractivity contribution in [2.24, 2.45) is 5.92 Å². The molecule has 2 aromatic carbocycles. The van der Waals surface area contributed by atoms with E-state index in [0.717, 1.165) is 11.0 Å². The van der Waals surface area contributed by atoms with Gasteiger partial charge in [0.1, 0.15) is 17.5 Å². The highest BCUT2D eigenvalue weighted by Crippen LogP contribution is 2.46. The number of aliphatic hydroxyl groups is 2. The number of hydrogen-bond donors (Lipinski definition) is 2. The normalized spacial score (nSPS) is 19.6. The average molecular weight is 607 g/mol. The van der Waals surface area contributed by atoms with Crippen molar-refractivity contribution in [3.05, 3.63) is 99.1 Å². The van der Waals surface area contributed by atoms with Gasteiger partial charge in [0.05, 0.1) is 35.0 Å². The van der Waals surface area contributed by atoms with Crippen LogP contribution in [0.1, 0.15) is 78.0 Å². The first-order valence-corrected chi connectivity index (χ1v) is 14.3. The number of fused-ring (bicyclic) bond motifs is 1. The number of rotatable bonds is 5. The molecular weight excluding hydrogens is 575 g/mol. The summed E-state index contributed by atoms with van der Waals surface area (Å²) < 4.78 is 21.5. The maximum absolute atomic E-state index is 16.1. The van der Waals surface area contributed by atoms with Crippen molar-refractivity contribution >= 4 is 23.6 Å². The van der Waals surface area contributed by atoms with Crippen molar-refractivity contribution < 1.29 is 28.9 Å². The number of hydrogen-bond acceptors (Lipinski definition) is 7. The number of halogens is 2. The van der Waals surface area contributed by atoms with Crippen LogP contribution in [0.4, 0.5) is 9.18 Å². The van der Waals surface area contributed by atoms with Gasteiger partial charge in [-0.1, -0.05) is 23.7 Å². The molecule has 1 saturated heterocycles. The van der Waals surface area contributed by atoms with Crippen LogP contribution in [-0.4, -0.2) is 55.7 Å². The minimum atomic E-state index is -2.20. The first kappa shape index (κ1) is 30.4. The van der Waals surface area contributed by atoms with Gasteiger partial charge in [0.2, 0.25) is 0 Å². The number of likely N-dealkylation sites (tertiary alicyclic amines) is 1. The Morgan fingerprint density at radius 2 is 1.88 bits per heavy atom. The third kappa shape index (κ3) is 5.93. The summed E-state index contributed by atoms with van der Waals surface area (Å²) >= 11 is 6.07. The molecule has 43 heavy (non-hydrogen) atoms. The van der Waals surface area contributed by atoms with Crippen LogP contribution in [0.2, 0.25) is 5.02 Å². The van der Waals surface area contributed by atoms with E-state index < -0.39 is 35.2 Å². The van der Waals surface area contributed by atoms with Gasteiger partial charge in [-0.15, -0.1) is 0 Å². The predicted octanol–water partition coefficient (Wildman–Crippen LogP) is 5.28. The Morgan fingerprint density at radius 3 is 2.47 bits per heavy atom. The molecule has 5 rings (SSSR count). The number of carbonyl (C=O) groups excluding carboxylic acids is 2. The van der Waals surface area contributed by atoms with Gasteiger partial charge in [-0.25, -0.2) is 9.18 Å². The third-order valence-corrected chi connectivity index (χ3v) is 8.08. The minimum Gasteiger partial charge on any atom is -0.444 e. The first-order chi connectivity index (χ1) is 20.3. The maximum Gasteiger partial charge on any atom is 0.410 e. The van der Waals surface area contributed by atoms with Gasteiger partial charge in [-0.05, 0) is 81.5 Å². The molecule has 1 aromatic heterocycles. The molecule has 2 aliphatic rings. The topological polar surface area (TPSA) is 127 Å². The summed E-state index contributed by atoms with van der Waals surface area (Å²) in [5, 5.41) is 32.9. The molecule has 3 aromatic rings. The number of nitriles is 1. The molecule has 1 fully saturated rings. The summed E-state index contributed by atoms with van der Waals surface area (Å²) in [6.07, 6.45) is 0.739. The summed E-state index contributed by atoms with van der Waals surface area (Å²) in [6.45, 7) is 5.93. The molecule has 2 atom stereocenters. The van der Waals surface area contributed by atoms with Crippen LogP contribution in [0.3, 0.4) is 0 Å². The monoisotopic (exact) mass is 606 g/mol. The van der Waals surface area contributed by atoms with Crippen LogP contribution < -0.4 is 0 Å². The Bertz CT molecular complexity index is 1580. The Morgan fingerprint density at radius 1 is 1.21 bits per heavy atom. The Labute approximate surface area is 254 Å². The smallest absolute Gasteiger partial charge is 0.410 e. The van der Waals surface area contributed by atoms with E-state index in [1.54, 1.807) is 37.8 Å². The molecule has 0 aliphatic carbocycles. The van der Waals surface area contributed by atoms with Crippen molar-refractivity contribution in [2.75, 3.05) is 13.1 Å². The highest BCUT2D eigenvalue weighted by atomic mass is 35.5. The van der Waals surface area contributed by atoms with Crippen LogP contribution in [0.25, 0.3) is 0 Å². The molecule has 9 nitrogen and oxygen atoms in total. The summed E-state index contributed by atoms with van der Waals surface area (Å²) in [5.41, 5.74) is -2.00. The molecule has 2 unspecified atom stereocenters. The number of pyridine rings is 1. The molecular formula is C32H32ClFN4O5. The van der Waals surface area contributed by atoms with Crippen molar-refractivity contribution in [3.8, 4) is 6.07 Å². The first-order valence-electron chi connectivity index (χ1n) is 14.0. The second-order valence-corrected chi connectivity index (χ2v) is 12.3. The fraction of sp³-hybridized carbons (Fsp3) is 0.375. The predicted molar refractivity (Wildman–Crippen MR) is 155 cm³/mol. The largest absolute Gasteiger partial charge is 0.444 e. The molecule has 0 saturated carbocycles. The number of aliphatic hydroxyl groups excluding tert-OH is 1. The van der Waals surface area contributed by atoms with Gasteiger partial charge in [0.15, 0.2) is 5.72 Å². The maximum atomic E-state index is 16.1. The third-order valence-electron chi connectivity index (χ3n) is 7.83. The number of piperidine rings is 1. The fourth-order valence-corrected chi connectivity index (χ4v) is 5.79. The number of nitrogens with zero attached hydrogens (tertiary/aromatic N) is 4. The van der Waals surface area contributed by atoms with E-state index in [-0.39, 0.29) is 34.7 Å². The van der Waals surface area contributed by atoms with E-state index in [1.165, 1.54) is 36.5 Å². The second kappa shape index (κ2) is 11.6. The molecule has 3 heterocycles. The summed E-state index contributed by atoms with van der Waals surface area (Å²) in [5.74, 6) is -1.79. The van der Waals surface area contributed by atoms with Crippen LogP contribution in [0.15, 0.2) is 54.7 Å². The number of aromatic nitrogens is 1. The Balaban J connectivity index is 1.46. The highest BCUT2D eigenvalue weighted by molar-refractivity contribution is 6.30. The van der Waals surface area contributed by atoms with Gasteiger partial charge in [-0.3, -0.25) is 14.7 Å². The lowest BCUT2D eigenvalue weighted by atomic mass is 9.85. The van der Waals surface area contributed by atoms with E-state index >= 15 is 4.39 Å². The van der Waals surface area contributed by atoms with Gasteiger partial charge in [0.25, 0.3) is 5.91 Å². The van der Waals surface area contributed by atoms with Crippen LogP contribution in [-0.2, 0) is 17.0 Å². The Hall–Kier alpha value is -4.04. The SMILES string of the molecule is CC(C)(C)OC(=O)N1CCC(C(O)c2cc(F)c3c(c2)C(=O)N(Cc2ccc(C#N)cn2)C3(O)c2ccc(Cl)cc2)CC1. The summed E-state index contributed by atoms with van der Waals surface area (Å²) in [7, 11) is 0. The van der Waals surface area contributed by atoms with E-state index in [4.69, 9.17) is 21.6 Å². The average Bonchev–Trinajstić information content (AvgIpc) is 3.19.